The Labute approximate surface area is 151 Å². The third-order valence-electron chi connectivity index (χ3n) is 4.14. The molecule has 0 fully saturated rings. The predicted octanol–water partition coefficient (Wildman–Crippen LogP) is 2.96. The molecule has 0 spiro atoms. The molecule has 4 rings (SSSR count). The lowest BCUT2D eigenvalue weighted by Crippen LogP contribution is -2.12. The van der Waals surface area contributed by atoms with E-state index in [-0.39, 0.29) is 4.90 Å². The fourth-order valence-corrected chi connectivity index (χ4v) is 4.28. The van der Waals surface area contributed by atoms with Crippen LogP contribution in [0.5, 0.6) is 0 Å². The summed E-state index contributed by atoms with van der Waals surface area (Å²) in [4.78, 5) is 12.7. The molecule has 0 saturated carbocycles. The molecule has 0 aliphatic carbocycles. The van der Waals surface area contributed by atoms with Crippen LogP contribution in [0.2, 0.25) is 0 Å². The van der Waals surface area contributed by atoms with Gasteiger partial charge in [-0.15, -0.1) is 0 Å². The fourth-order valence-electron chi connectivity index (χ4n) is 2.92. The minimum absolute atomic E-state index is 0.230. The number of aryl methyl sites for hydroxylation is 1. The summed E-state index contributed by atoms with van der Waals surface area (Å²) in [5, 5.41) is 0.813. The van der Waals surface area contributed by atoms with Crippen molar-refractivity contribution < 1.29 is 8.42 Å². The number of hydrogen-bond donors (Lipinski definition) is 0. The van der Waals surface area contributed by atoms with Crippen LogP contribution in [0, 0.1) is 6.92 Å². The molecule has 6 nitrogen and oxygen atoms in total. The summed E-state index contributed by atoms with van der Waals surface area (Å²) in [6, 6.07) is 10.3. The second kappa shape index (κ2) is 6.34. The van der Waals surface area contributed by atoms with Gasteiger partial charge in [0.2, 0.25) is 0 Å². The fraction of sp³-hybridized carbons (Fsp3) is 0.105. The lowest BCUT2D eigenvalue weighted by Gasteiger charge is -2.06. The molecule has 26 heavy (non-hydrogen) atoms. The SMILES string of the molecule is Cc1cnc2c(c1)c(Cc1cncnc1)cn2S(=O)(=O)c1ccccc1. The van der Waals surface area contributed by atoms with E-state index in [9.17, 15) is 8.42 Å². The highest BCUT2D eigenvalue weighted by molar-refractivity contribution is 7.90. The van der Waals surface area contributed by atoms with Crippen molar-refractivity contribution in [1.82, 2.24) is 18.9 Å². The smallest absolute Gasteiger partial charge is 0.245 e. The van der Waals surface area contributed by atoms with Crippen molar-refractivity contribution in [1.29, 1.82) is 0 Å². The number of nitrogens with zero attached hydrogens (tertiary/aromatic N) is 4. The van der Waals surface area contributed by atoms with Crippen molar-refractivity contribution in [2.45, 2.75) is 18.2 Å². The van der Waals surface area contributed by atoms with Crippen molar-refractivity contribution in [3.8, 4) is 0 Å². The summed E-state index contributed by atoms with van der Waals surface area (Å²) in [5.41, 5.74) is 3.17. The summed E-state index contributed by atoms with van der Waals surface area (Å²) in [5.74, 6) is 0. The van der Waals surface area contributed by atoms with Crippen LogP contribution >= 0.6 is 0 Å². The van der Waals surface area contributed by atoms with E-state index in [2.05, 4.69) is 15.0 Å². The van der Waals surface area contributed by atoms with Gasteiger partial charge in [-0.25, -0.2) is 27.3 Å². The van der Waals surface area contributed by atoms with E-state index in [0.29, 0.717) is 12.1 Å². The van der Waals surface area contributed by atoms with Crippen LogP contribution in [0.1, 0.15) is 16.7 Å². The van der Waals surface area contributed by atoms with Crippen LogP contribution < -0.4 is 0 Å². The molecular weight excluding hydrogens is 348 g/mol. The van der Waals surface area contributed by atoms with E-state index in [1.54, 1.807) is 55.1 Å². The number of rotatable bonds is 4. The van der Waals surface area contributed by atoms with Crippen molar-refractivity contribution >= 4 is 21.1 Å². The van der Waals surface area contributed by atoms with Gasteiger partial charge in [-0.2, -0.15) is 0 Å². The van der Waals surface area contributed by atoms with Crippen molar-refractivity contribution in [2.75, 3.05) is 0 Å². The molecule has 1 aromatic carbocycles. The molecule has 0 unspecified atom stereocenters. The molecule has 3 heterocycles. The van der Waals surface area contributed by atoms with E-state index >= 15 is 0 Å². The lowest BCUT2D eigenvalue weighted by molar-refractivity contribution is 0.588. The highest BCUT2D eigenvalue weighted by Crippen LogP contribution is 2.27. The minimum Gasteiger partial charge on any atom is -0.245 e. The average molecular weight is 364 g/mol. The Kier molecular flexibility index (Phi) is 4.00. The van der Waals surface area contributed by atoms with E-state index in [1.807, 2.05) is 13.0 Å². The molecule has 0 amide bonds. The van der Waals surface area contributed by atoms with Crippen molar-refractivity contribution in [3.05, 3.63) is 84.2 Å². The molecule has 0 saturated heterocycles. The van der Waals surface area contributed by atoms with Gasteiger partial charge in [0.05, 0.1) is 4.90 Å². The summed E-state index contributed by atoms with van der Waals surface area (Å²) in [6.45, 7) is 1.94. The van der Waals surface area contributed by atoms with Crippen LogP contribution in [0.3, 0.4) is 0 Å². The number of aromatic nitrogens is 4. The molecule has 0 N–H and O–H groups in total. The minimum atomic E-state index is -3.73. The van der Waals surface area contributed by atoms with Gasteiger partial charge < -0.3 is 0 Å². The van der Waals surface area contributed by atoms with Gasteiger partial charge in [0.15, 0.2) is 5.65 Å². The number of pyridine rings is 1. The van der Waals surface area contributed by atoms with Crippen LogP contribution in [-0.2, 0) is 16.4 Å². The van der Waals surface area contributed by atoms with E-state index in [4.69, 9.17) is 0 Å². The average Bonchev–Trinajstić information content (AvgIpc) is 3.02. The first-order chi connectivity index (χ1) is 12.6. The number of benzene rings is 1. The van der Waals surface area contributed by atoms with Gasteiger partial charge >= 0.3 is 0 Å². The van der Waals surface area contributed by atoms with Gasteiger partial charge in [0, 0.05) is 36.6 Å². The van der Waals surface area contributed by atoms with Gasteiger partial charge in [0.1, 0.15) is 6.33 Å². The van der Waals surface area contributed by atoms with Crippen LogP contribution in [-0.4, -0.2) is 27.3 Å². The standard InChI is InChI=1S/C19H16N4O2S/c1-14-7-18-16(8-15-10-20-13-21-11-15)12-23(19(18)22-9-14)26(24,25)17-5-3-2-4-6-17/h2-7,9-13H,8H2,1H3. The van der Waals surface area contributed by atoms with Crippen LogP contribution in [0.4, 0.5) is 0 Å². The Hall–Kier alpha value is -3.06. The zero-order valence-electron chi connectivity index (χ0n) is 14.1. The zero-order chi connectivity index (χ0) is 18.1. The molecule has 4 aromatic rings. The largest absolute Gasteiger partial charge is 0.269 e. The topological polar surface area (TPSA) is 77.7 Å². The number of hydrogen-bond acceptors (Lipinski definition) is 5. The molecule has 0 aliphatic rings. The first kappa shape index (κ1) is 16.4. The van der Waals surface area contributed by atoms with Crippen LogP contribution in [0.25, 0.3) is 11.0 Å². The lowest BCUT2D eigenvalue weighted by atomic mass is 10.1. The summed E-state index contributed by atoms with van der Waals surface area (Å²) < 4.78 is 27.5. The number of fused-ring (bicyclic) bond motifs is 1. The maximum absolute atomic E-state index is 13.1. The molecule has 3 aromatic heterocycles. The molecule has 130 valence electrons. The quantitative estimate of drug-likeness (QED) is 0.556. The Morgan fingerprint density at radius 1 is 1.04 bits per heavy atom. The molecule has 0 atom stereocenters. The van der Waals surface area contributed by atoms with Gasteiger partial charge in [-0.1, -0.05) is 18.2 Å². The second-order valence-corrected chi connectivity index (χ2v) is 7.89. The highest BCUT2D eigenvalue weighted by atomic mass is 32.2. The second-order valence-electron chi connectivity index (χ2n) is 6.08. The monoisotopic (exact) mass is 364 g/mol. The maximum Gasteiger partial charge on any atom is 0.269 e. The Balaban J connectivity index is 1.91. The third kappa shape index (κ3) is 2.86. The van der Waals surface area contributed by atoms with Gasteiger partial charge in [-0.3, -0.25) is 0 Å². The van der Waals surface area contributed by atoms with Gasteiger partial charge in [0.25, 0.3) is 10.0 Å². The van der Waals surface area contributed by atoms with E-state index in [0.717, 1.165) is 22.1 Å². The Morgan fingerprint density at radius 2 is 1.77 bits per heavy atom. The first-order valence-electron chi connectivity index (χ1n) is 8.07. The third-order valence-corrected chi connectivity index (χ3v) is 5.80. The van der Waals surface area contributed by atoms with Gasteiger partial charge in [-0.05, 0) is 41.8 Å². The molecule has 0 radical (unpaired) electrons. The predicted molar refractivity (Wildman–Crippen MR) is 98.3 cm³/mol. The van der Waals surface area contributed by atoms with Crippen LogP contribution in [0.15, 0.2) is 72.4 Å². The molecule has 0 aliphatic heterocycles. The molecule has 7 heteroatoms. The Morgan fingerprint density at radius 3 is 2.50 bits per heavy atom. The first-order valence-corrected chi connectivity index (χ1v) is 9.51. The normalized spacial score (nSPS) is 11.7. The maximum atomic E-state index is 13.1. The van der Waals surface area contributed by atoms with Crippen molar-refractivity contribution in [2.24, 2.45) is 0 Å². The highest BCUT2D eigenvalue weighted by Gasteiger charge is 2.22. The molecular formula is C19H16N4O2S. The Bertz CT molecular complexity index is 1170. The van der Waals surface area contributed by atoms with Crippen molar-refractivity contribution in [3.63, 3.8) is 0 Å². The molecule has 0 bridgehead atoms. The zero-order valence-corrected chi connectivity index (χ0v) is 14.9. The van der Waals surface area contributed by atoms with E-state index < -0.39 is 10.0 Å². The van der Waals surface area contributed by atoms with E-state index in [1.165, 1.54) is 10.3 Å². The summed E-state index contributed by atoms with van der Waals surface area (Å²) in [6.07, 6.45) is 8.77. The summed E-state index contributed by atoms with van der Waals surface area (Å²) in [7, 11) is -3.73. The summed E-state index contributed by atoms with van der Waals surface area (Å²) >= 11 is 0.